The van der Waals surface area contributed by atoms with E-state index >= 15 is 0 Å². The molecule has 0 aromatic carbocycles. The van der Waals surface area contributed by atoms with Gasteiger partial charge in [-0.05, 0) is 6.92 Å². The van der Waals surface area contributed by atoms with Crippen LogP contribution in [-0.2, 0) is 14.8 Å². The number of nitrogens with zero attached hydrogens (tertiary/aromatic N) is 1. The molecule has 7 nitrogen and oxygen atoms in total. The first-order valence-electron chi connectivity index (χ1n) is 3.84. The van der Waals surface area contributed by atoms with Crippen molar-refractivity contribution in [1.82, 2.24) is 9.62 Å². The number of urea groups is 1. The number of carbonyl (C=O) groups excluding carboxylic acids is 2. The number of sulfonamides is 1. The lowest BCUT2D eigenvalue weighted by Crippen LogP contribution is -2.70. The van der Waals surface area contributed by atoms with Crippen molar-refractivity contribution in [1.29, 1.82) is 0 Å². The number of nitrogens with two attached hydrogens (primary N) is 1. The van der Waals surface area contributed by atoms with Crippen LogP contribution >= 0.6 is 0 Å². The predicted octanol–water partition coefficient (Wildman–Crippen LogP) is -1.79. The van der Waals surface area contributed by atoms with Gasteiger partial charge in [-0.15, -0.1) is 0 Å². The smallest absolute Gasteiger partial charge is 0.318 e. The molecule has 14 heavy (non-hydrogen) atoms. The van der Waals surface area contributed by atoms with Crippen molar-refractivity contribution in [3.63, 3.8) is 0 Å². The molecule has 0 unspecified atom stereocenters. The molecule has 0 spiro atoms. The third-order valence-corrected chi connectivity index (χ3v) is 2.49. The van der Waals surface area contributed by atoms with E-state index in [0.29, 0.717) is 0 Å². The first kappa shape index (κ1) is 10.9. The molecule has 8 heteroatoms. The van der Waals surface area contributed by atoms with Gasteiger partial charge in [-0.2, -0.15) is 0 Å². The number of hydrogen-bond donors (Lipinski definition) is 2. The van der Waals surface area contributed by atoms with Gasteiger partial charge in [0, 0.05) is 0 Å². The lowest BCUT2D eigenvalue weighted by atomic mass is 9.99. The van der Waals surface area contributed by atoms with Gasteiger partial charge in [0.25, 0.3) is 0 Å². The normalized spacial score (nSPS) is 27.1. The van der Waals surface area contributed by atoms with Crippen LogP contribution in [0.4, 0.5) is 4.79 Å². The minimum absolute atomic E-state index is 0.468. The zero-order chi connectivity index (χ0) is 11.1. The van der Waals surface area contributed by atoms with Gasteiger partial charge in [0.2, 0.25) is 15.9 Å². The molecule has 1 heterocycles. The van der Waals surface area contributed by atoms with Crippen molar-refractivity contribution in [2.24, 2.45) is 5.73 Å². The van der Waals surface area contributed by atoms with Crippen molar-refractivity contribution in [2.45, 2.75) is 19.0 Å². The Balaban J connectivity index is 2.69. The number of likely N-dealkylation sites (tertiary alicyclic amines) is 1. The molecular formula is C6H11N3O4S. The molecule has 1 fully saturated rings. The van der Waals surface area contributed by atoms with Gasteiger partial charge in [0.15, 0.2) is 0 Å². The van der Waals surface area contributed by atoms with E-state index in [1.807, 2.05) is 0 Å². The van der Waals surface area contributed by atoms with Crippen LogP contribution in [0.5, 0.6) is 0 Å². The average molecular weight is 221 g/mol. The Morgan fingerprint density at radius 3 is 2.43 bits per heavy atom. The van der Waals surface area contributed by atoms with Crippen LogP contribution in [0.15, 0.2) is 0 Å². The molecule has 0 aliphatic carbocycles. The molecule has 80 valence electrons. The highest BCUT2D eigenvalue weighted by molar-refractivity contribution is 7.89. The molecule has 0 aromatic rings. The van der Waals surface area contributed by atoms with Gasteiger partial charge >= 0.3 is 6.03 Å². The molecule has 1 aliphatic rings. The van der Waals surface area contributed by atoms with E-state index in [-0.39, 0.29) is 0 Å². The molecule has 0 radical (unpaired) electrons. The van der Waals surface area contributed by atoms with Gasteiger partial charge in [-0.25, -0.2) is 17.9 Å². The minimum Gasteiger partial charge on any atom is -0.318 e. The third kappa shape index (κ3) is 1.85. The second-order valence-corrected chi connectivity index (χ2v) is 4.90. The SMILES string of the molecule is C[C@@H]1[C@H](N)C(=O)N1C(=O)NS(C)(=O)=O. The van der Waals surface area contributed by atoms with Crippen LogP contribution in [0, 0.1) is 0 Å². The van der Waals surface area contributed by atoms with Crippen molar-refractivity contribution in [3.05, 3.63) is 0 Å². The highest BCUT2D eigenvalue weighted by Gasteiger charge is 2.46. The molecule has 3 amide bonds. The molecule has 2 atom stereocenters. The van der Waals surface area contributed by atoms with Crippen LogP contribution in [0.25, 0.3) is 0 Å². The standard InChI is InChI=1S/C6H11N3O4S/c1-3-4(7)5(10)9(3)6(11)8-14(2,12)13/h3-4H,7H2,1-2H3,(H,8,11)/t3-,4+/m1/s1. The topological polar surface area (TPSA) is 110 Å². The van der Waals surface area contributed by atoms with Crippen molar-refractivity contribution in [3.8, 4) is 0 Å². The quantitative estimate of drug-likeness (QED) is 0.508. The highest BCUT2D eigenvalue weighted by atomic mass is 32.2. The summed E-state index contributed by atoms with van der Waals surface area (Å²) < 4.78 is 23.0. The Morgan fingerprint density at radius 1 is 1.57 bits per heavy atom. The van der Waals surface area contributed by atoms with E-state index in [4.69, 9.17) is 5.73 Å². The zero-order valence-corrected chi connectivity index (χ0v) is 8.54. The minimum atomic E-state index is -3.64. The summed E-state index contributed by atoms with van der Waals surface area (Å²) in [4.78, 5) is 23.0. The number of carbonyl (C=O) groups is 2. The molecular weight excluding hydrogens is 210 g/mol. The maximum Gasteiger partial charge on any atom is 0.338 e. The number of amides is 3. The van der Waals surface area contributed by atoms with Crippen LogP contribution in [0.2, 0.25) is 0 Å². The fourth-order valence-corrected chi connectivity index (χ4v) is 1.55. The Morgan fingerprint density at radius 2 is 2.07 bits per heavy atom. The molecule has 0 aromatic heterocycles. The summed E-state index contributed by atoms with van der Waals surface area (Å²) in [5.74, 6) is -0.571. The summed E-state index contributed by atoms with van der Waals surface area (Å²) in [7, 11) is -3.64. The predicted molar refractivity (Wildman–Crippen MR) is 47.7 cm³/mol. The molecule has 0 saturated carbocycles. The summed E-state index contributed by atoms with van der Waals surface area (Å²) in [5.41, 5.74) is 5.34. The number of nitrogens with one attached hydrogen (secondary N) is 1. The average Bonchev–Trinajstić information content (AvgIpc) is 2.00. The zero-order valence-electron chi connectivity index (χ0n) is 7.72. The second kappa shape index (κ2) is 3.21. The first-order chi connectivity index (χ1) is 6.24. The lowest BCUT2D eigenvalue weighted by Gasteiger charge is -2.40. The molecule has 0 bridgehead atoms. The monoisotopic (exact) mass is 221 g/mol. The molecule has 1 saturated heterocycles. The van der Waals surface area contributed by atoms with Gasteiger partial charge in [0.05, 0.1) is 12.3 Å². The van der Waals surface area contributed by atoms with E-state index in [2.05, 4.69) is 0 Å². The summed E-state index contributed by atoms with van der Waals surface area (Å²) in [6.45, 7) is 1.56. The van der Waals surface area contributed by atoms with Crippen LogP contribution in [0.1, 0.15) is 6.92 Å². The van der Waals surface area contributed by atoms with E-state index < -0.39 is 34.0 Å². The molecule has 1 aliphatic heterocycles. The Kier molecular flexibility index (Phi) is 2.50. The number of rotatable bonds is 1. The number of β-lactam (4-membered cyclic amide) rings is 1. The summed E-state index contributed by atoms with van der Waals surface area (Å²) in [6, 6.07) is -2.14. The summed E-state index contributed by atoms with van der Waals surface area (Å²) in [6.07, 6.45) is 0.833. The van der Waals surface area contributed by atoms with Crippen LogP contribution in [-0.4, -0.2) is 43.6 Å². The second-order valence-electron chi connectivity index (χ2n) is 3.15. The van der Waals surface area contributed by atoms with Gasteiger partial charge in [0.1, 0.15) is 6.04 Å². The largest absolute Gasteiger partial charge is 0.338 e. The van der Waals surface area contributed by atoms with Crippen molar-refractivity contribution in [2.75, 3.05) is 6.26 Å². The van der Waals surface area contributed by atoms with Gasteiger partial charge in [-0.3, -0.25) is 9.69 Å². The van der Waals surface area contributed by atoms with Gasteiger partial charge in [-0.1, -0.05) is 0 Å². The van der Waals surface area contributed by atoms with Crippen molar-refractivity contribution >= 4 is 22.0 Å². The fourth-order valence-electron chi connectivity index (χ4n) is 1.14. The first-order valence-corrected chi connectivity index (χ1v) is 5.73. The van der Waals surface area contributed by atoms with E-state index in [9.17, 15) is 18.0 Å². The van der Waals surface area contributed by atoms with E-state index in [0.717, 1.165) is 11.2 Å². The van der Waals surface area contributed by atoms with Crippen molar-refractivity contribution < 1.29 is 18.0 Å². The van der Waals surface area contributed by atoms with Crippen LogP contribution in [0.3, 0.4) is 0 Å². The fraction of sp³-hybridized carbons (Fsp3) is 0.667. The summed E-state index contributed by atoms with van der Waals surface area (Å²) in [5, 5.41) is 0. The Hall–Kier alpha value is -1.15. The van der Waals surface area contributed by atoms with E-state index in [1.54, 1.807) is 11.6 Å². The Bertz CT molecular complexity index is 377. The third-order valence-electron chi connectivity index (χ3n) is 1.94. The maximum atomic E-state index is 11.2. The van der Waals surface area contributed by atoms with Gasteiger partial charge < -0.3 is 5.73 Å². The summed E-state index contributed by atoms with van der Waals surface area (Å²) >= 11 is 0. The molecule has 1 rings (SSSR count). The number of imide groups is 1. The highest BCUT2D eigenvalue weighted by Crippen LogP contribution is 2.17. The molecule has 3 N–H and O–H groups in total. The maximum absolute atomic E-state index is 11.2. The number of hydrogen-bond acceptors (Lipinski definition) is 5. The lowest BCUT2D eigenvalue weighted by molar-refractivity contribution is -0.142. The van der Waals surface area contributed by atoms with Crippen LogP contribution < -0.4 is 10.5 Å². The Labute approximate surface area is 81.3 Å². The van der Waals surface area contributed by atoms with E-state index in [1.165, 1.54) is 0 Å².